The second-order valence-corrected chi connectivity index (χ2v) is 18.1. The van der Waals surface area contributed by atoms with Crippen LogP contribution in [-0.2, 0) is 6.42 Å². The Morgan fingerprint density at radius 3 is 1.51 bits per heavy atom. The van der Waals surface area contributed by atoms with E-state index in [1.54, 1.807) is 0 Å². The summed E-state index contributed by atoms with van der Waals surface area (Å²) in [6.45, 7) is 27.0. The van der Waals surface area contributed by atoms with Crippen LogP contribution in [0.2, 0.25) is 0 Å². The number of benzene rings is 8. The predicted octanol–water partition coefficient (Wildman–Crippen LogP) is 21.1. The van der Waals surface area contributed by atoms with E-state index in [1.165, 1.54) is 106 Å². The minimum atomic E-state index is 0. The van der Waals surface area contributed by atoms with Gasteiger partial charge in [-0.25, -0.2) is 0 Å². The summed E-state index contributed by atoms with van der Waals surface area (Å²) in [7, 11) is 0. The molecule has 0 bridgehead atoms. The summed E-state index contributed by atoms with van der Waals surface area (Å²) in [5.41, 5.74) is 25.1. The van der Waals surface area contributed by atoms with E-state index in [1.807, 2.05) is 45.9 Å². The van der Waals surface area contributed by atoms with Crippen molar-refractivity contribution in [3.63, 3.8) is 0 Å². The molecule has 0 saturated carbocycles. The van der Waals surface area contributed by atoms with Gasteiger partial charge < -0.3 is 0 Å². The van der Waals surface area contributed by atoms with E-state index in [0.717, 1.165) is 12.8 Å². The molecule has 1 atom stereocenters. The van der Waals surface area contributed by atoms with E-state index in [2.05, 4.69) is 255 Å². The van der Waals surface area contributed by atoms with E-state index in [9.17, 15) is 0 Å². The topological polar surface area (TPSA) is 0 Å². The first kappa shape index (κ1) is 56.3. The highest BCUT2D eigenvalue weighted by molar-refractivity contribution is 5.80. The lowest BCUT2D eigenvalue weighted by Crippen LogP contribution is -2.01. The molecule has 9 rings (SSSR count). The third-order valence-electron chi connectivity index (χ3n) is 12.6. The van der Waals surface area contributed by atoms with Crippen LogP contribution in [0, 0.1) is 34.6 Å². The van der Waals surface area contributed by atoms with E-state index in [0.29, 0.717) is 5.92 Å². The number of hydrogen-bond donors (Lipinski definition) is 0. The largest absolute Gasteiger partial charge is 0.100 e. The van der Waals surface area contributed by atoms with Crippen molar-refractivity contribution in [3.8, 4) is 44.5 Å². The van der Waals surface area contributed by atoms with Crippen LogP contribution < -0.4 is 0 Å². The highest BCUT2D eigenvalue weighted by Crippen LogP contribution is 2.36. The maximum Gasteiger partial charge on any atom is 0.00641 e. The Morgan fingerprint density at radius 2 is 0.972 bits per heavy atom. The highest BCUT2D eigenvalue weighted by Gasteiger charge is 2.16. The number of hydrogen-bond acceptors (Lipinski definition) is 0. The molecule has 0 N–H and O–H groups in total. The van der Waals surface area contributed by atoms with Crippen molar-refractivity contribution >= 4 is 5.57 Å². The standard InChI is InChI=1S/C35H32.C22H22.C7H8.C4H8.C2H6.CH4/c1-3-27-21-22-34(29-15-9-6-10-16-29)25-35(27)26(2)30-17-11-19-32(23-30)33-20-12-18-31(24-33)28-13-7-4-5-8-14-28;1-15-9-5-7-11-19(15)21-13-14-22(18(4)17(21)3)20-12-8-6-10-16(20)2;1-7-5-3-2-4-6-7;1-4(2)3;1-2;/h4-7,9-26H,3,8H2,1-2H3;5-14H,1-4H3;2-6H,1H3;1H2,2-3H3;1-2H3;1H4. The van der Waals surface area contributed by atoms with Gasteiger partial charge in [0.25, 0.3) is 0 Å². The summed E-state index contributed by atoms with van der Waals surface area (Å²) in [6, 6.07) is 67.7. The minimum absolute atomic E-state index is 0. The van der Waals surface area contributed by atoms with Crippen molar-refractivity contribution in [3.05, 3.63) is 281 Å². The third kappa shape index (κ3) is 16.1. The van der Waals surface area contributed by atoms with Crippen molar-refractivity contribution in [2.45, 2.75) is 102 Å². The molecular formula is C71H80. The summed E-state index contributed by atoms with van der Waals surface area (Å²) in [5.74, 6) is 0.315. The van der Waals surface area contributed by atoms with Crippen LogP contribution in [-0.4, -0.2) is 0 Å². The summed E-state index contributed by atoms with van der Waals surface area (Å²) in [6.07, 6.45) is 12.9. The van der Waals surface area contributed by atoms with Crippen LogP contribution in [0.1, 0.15) is 111 Å². The summed E-state index contributed by atoms with van der Waals surface area (Å²) >= 11 is 0. The van der Waals surface area contributed by atoms with E-state index in [-0.39, 0.29) is 7.43 Å². The molecule has 0 saturated heterocycles. The molecule has 0 aromatic heterocycles. The maximum absolute atomic E-state index is 3.56. The van der Waals surface area contributed by atoms with Gasteiger partial charge in [-0.3, -0.25) is 0 Å². The van der Waals surface area contributed by atoms with Gasteiger partial charge in [-0.1, -0.05) is 259 Å². The van der Waals surface area contributed by atoms with Crippen LogP contribution >= 0.6 is 0 Å². The Labute approximate surface area is 430 Å². The second kappa shape index (κ2) is 29.0. The first-order valence-electron chi connectivity index (χ1n) is 25.2. The Kier molecular flexibility index (Phi) is 23.0. The Balaban J connectivity index is 0.000000258. The smallest absolute Gasteiger partial charge is 0.00641 e. The normalized spacial score (nSPS) is 11.5. The number of rotatable bonds is 8. The average Bonchev–Trinajstić information content (AvgIpc) is 3.69. The van der Waals surface area contributed by atoms with E-state index < -0.39 is 0 Å². The van der Waals surface area contributed by atoms with Crippen LogP contribution in [0.4, 0.5) is 0 Å². The molecule has 0 aliphatic heterocycles. The van der Waals surface area contributed by atoms with Crippen LogP contribution in [0.25, 0.3) is 50.1 Å². The molecule has 0 spiro atoms. The monoisotopic (exact) mass is 933 g/mol. The first-order chi connectivity index (χ1) is 33.9. The zero-order valence-corrected chi connectivity index (χ0v) is 44.0. The molecule has 364 valence electrons. The summed E-state index contributed by atoms with van der Waals surface area (Å²) < 4.78 is 0. The molecule has 0 amide bonds. The maximum atomic E-state index is 3.56. The van der Waals surface area contributed by atoms with E-state index >= 15 is 0 Å². The molecule has 71 heavy (non-hydrogen) atoms. The molecule has 0 fully saturated rings. The van der Waals surface area contributed by atoms with Gasteiger partial charge in [-0.2, -0.15) is 0 Å². The molecule has 8 aromatic carbocycles. The van der Waals surface area contributed by atoms with Crippen molar-refractivity contribution in [2.24, 2.45) is 0 Å². The highest BCUT2D eigenvalue weighted by atomic mass is 14.2. The van der Waals surface area contributed by atoms with Gasteiger partial charge >= 0.3 is 0 Å². The molecule has 1 aliphatic carbocycles. The second-order valence-electron chi connectivity index (χ2n) is 18.1. The summed E-state index contributed by atoms with van der Waals surface area (Å²) in [4.78, 5) is 0. The van der Waals surface area contributed by atoms with Crippen molar-refractivity contribution in [2.75, 3.05) is 0 Å². The van der Waals surface area contributed by atoms with Crippen molar-refractivity contribution in [1.82, 2.24) is 0 Å². The number of aryl methyl sites for hydroxylation is 4. The zero-order chi connectivity index (χ0) is 50.4. The lowest BCUT2D eigenvalue weighted by atomic mass is 9.85. The fourth-order valence-electron chi connectivity index (χ4n) is 8.66. The fraction of sp³-hybridized carbons (Fsp3) is 0.211. The van der Waals surface area contributed by atoms with Gasteiger partial charge in [0, 0.05) is 5.92 Å². The molecule has 0 radical (unpaired) electrons. The molecular weight excluding hydrogens is 853 g/mol. The zero-order valence-electron chi connectivity index (χ0n) is 44.0. The molecule has 0 heteroatoms. The van der Waals surface area contributed by atoms with Gasteiger partial charge in [0.2, 0.25) is 0 Å². The van der Waals surface area contributed by atoms with Gasteiger partial charge in [-0.05, 0) is 162 Å². The third-order valence-corrected chi connectivity index (χ3v) is 12.6. The van der Waals surface area contributed by atoms with Crippen molar-refractivity contribution < 1.29 is 0 Å². The lowest BCUT2D eigenvalue weighted by molar-refractivity contribution is 0.894. The average molecular weight is 933 g/mol. The molecule has 8 aromatic rings. The molecule has 1 aliphatic rings. The minimum Gasteiger partial charge on any atom is -0.100 e. The van der Waals surface area contributed by atoms with Crippen LogP contribution in [0.5, 0.6) is 0 Å². The fourth-order valence-corrected chi connectivity index (χ4v) is 8.66. The van der Waals surface area contributed by atoms with Crippen LogP contribution in [0.15, 0.2) is 231 Å². The van der Waals surface area contributed by atoms with Crippen molar-refractivity contribution in [1.29, 1.82) is 0 Å². The number of allylic oxidation sites excluding steroid dienone is 7. The molecule has 1 unspecified atom stereocenters. The SMILES string of the molecule is C.C=C(C)C.CC.CCc1ccc(-c2ccccc2)cc1C(C)c1cccc(-c2cccc(C3=CCC=CC=C3)c2)c1.Cc1ccccc1.Cc1ccccc1-c1ccc(-c2ccccc2C)c(C)c1C. The predicted molar refractivity (Wildman–Crippen MR) is 318 cm³/mol. The van der Waals surface area contributed by atoms with Gasteiger partial charge in [-0.15, -0.1) is 6.58 Å². The van der Waals surface area contributed by atoms with Gasteiger partial charge in [0.1, 0.15) is 0 Å². The van der Waals surface area contributed by atoms with E-state index in [4.69, 9.17) is 0 Å². The van der Waals surface area contributed by atoms with Gasteiger partial charge in [0.05, 0.1) is 0 Å². The Hall–Kier alpha value is -7.28. The quantitative estimate of drug-likeness (QED) is 0.133. The Morgan fingerprint density at radius 1 is 0.493 bits per heavy atom. The molecule has 0 nitrogen and oxygen atoms in total. The first-order valence-corrected chi connectivity index (χ1v) is 25.2. The molecule has 0 heterocycles. The lowest BCUT2D eigenvalue weighted by Gasteiger charge is -2.19. The van der Waals surface area contributed by atoms with Gasteiger partial charge in [0.15, 0.2) is 0 Å². The van der Waals surface area contributed by atoms with Crippen LogP contribution in [0.3, 0.4) is 0 Å². The Bertz CT molecular complexity index is 2920. The summed E-state index contributed by atoms with van der Waals surface area (Å²) in [5, 5.41) is 0.